The number of carbonyl (C=O) groups is 1. The largest absolute Gasteiger partial charge is 0.277 e. The number of pyridine rings is 1. The molecule has 1 aromatic heterocycles. The van der Waals surface area contributed by atoms with E-state index in [9.17, 15) is 4.79 Å². The molecule has 4 nitrogen and oxygen atoms in total. The lowest BCUT2D eigenvalue weighted by Crippen LogP contribution is -2.29. The van der Waals surface area contributed by atoms with Gasteiger partial charge >= 0.3 is 0 Å². The van der Waals surface area contributed by atoms with Crippen molar-refractivity contribution in [1.29, 1.82) is 0 Å². The fourth-order valence-corrected chi connectivity index (χ4v) is 1.77. The van der Waals surface area contributed by atoms with Gasteiger partial charge in [0.1, 0.15) is 12.6 Å². The zero-order valence-electron chi connectivity index (χ0n) is 10.4. The van der Waals surface area contributed by atoms with Crippen molar-refractivity contribution in [1.82, 2.24) is 5.43 Å². The number of hydrogen-bond donors (Lipinski definition) is 1. The summed E-state index contributed by atoms with van der Waals surface area (Å²) in [6, 6.07) is 11.2. The Morgan fingerprint density at radius 2 is 2.05 bits per heavy atom. The quantitative estimate of drug-likeness (QED) is 0.525. The Morgan fingerprint density at radius 1 is 1.32 bits per heavy atom. The Hall–Kier alpha value is -2.01. The van der Waals surface area contributed by atoms with E-state index in [4.69, 9.17) is 0 Å². The molecule has 0 unspecified atom stereocenters. The van der Waals surface area contributed by atoms with E-state index in [-0.39, 0.29) is 5.91 Å². The van der Waals surface area contributed by atoms with Crippen molar-refractivity contribution in [2.45, 2.75) is 0 Å². The van der Waals surface area contributed by atoms with Gasteiger partial charge in [-0.2, -0.15) is 5.10 Å². The van der Waals surface area contributed by atoms with Crippen molar-refractivity contribution in [3.05, 3.63) is 64.4 Å². The van der Waals surface area contributed by atoms with E-state index in [1.807, 2.05) is 48.1 Å². The van der Waals surface area contributed by atoms with Gasteiger partial charge in [-0.1, -0.05) is 28.1 Å². The Kier molecular flexibility index (Phi) is 4.41. The Balaban J connectivity index is 1.98. The van der Waals surface area contributed by atoms with Crippen LogP contribution < -0.4 is 9.99 Å². The van der Waals surface area contributed by atoms with Crippen LogP contribution in [0.25, 0.3) is 0 Å². The maximum absolute atomic E-state index is 11.8. The number of aromatic nitrogens is 1. The van der Waals surface area contributed by atoms with Crippen LogP contribution in [0.3, 0.4) is 0 Å². The number of nitrogens with zero attached hydrogens (tertiary/aromatic N) is 2. The molecule has 0 aliphatic rings. The van der Waals surface area contributed by atoms with E-state index in [1.165, 1.54) is 0 Å². The Labute approximate surface area is 119 Å². The number of amides is 1. The molecule has 1 aromatic carbocycles. The normalized spacial score (nSPS) is 10.6. The smallest absolute Gasteiger partial charge is 0.267 e. The maximum Gasteiger partial charge on any atom is 0.277 e. The third-order valence-corrected chi connectivity index (χ3v) is 2.98. The van der Waals surface area contributed by atoms with Crippen LogP contribution in [0, 0.1) is 0 Å². The van der Waals surface area contributed by atoms with Crippen LogP contribution in [-0.2, 0) is 7.05 Å². The van der Waals surface area contributed by atoms with Crippen LogP contribution in [0.4, 0.5) is 0 Å². The van der Waals surface area contributed by atoms with Gasteiger partial charge in [-0.3, -0.25) is 4.79 Å². The van der Waals surface area contributed by atoms with Gasteiger partial charge in [-0.05, 0) is 23.8 Å². The van der Waals surface area contributed by atoms with Crippen molar-refractivity contribution < 1.29 is 9.36 Å². The van der Waals surface area contributed by atoms with Gasteiger partial charge in [0, 0.05) is 10.5 Å². The second kappa shape index (κ2) is 6.24. The predicted molar refractivity (Wildman–Crippen MR) is 76.8 cm³/mol. The van der Waals surface area contributed by atoms with Crippen molar-refractivity contribution in [3.8, 4) is 0 Å². The first kappa shape index (κ1) is 13.4. The second-order valence-electron chi connectivity index (χ2n) is 4.01. The minimum absolute atomic E-state index is 0.232. The van der Waals surface area contributed by atoms with Crippen molar-refractivity contribution in [2.75, 3.05) is 0 Å². The molecule has 0 saturated heterocycles. The van der Waals surface area contributed by atoms with E-state index in [0.717, 1.165) is 10.0 Å². The fraction of sp³-hybridized carbons (Fsp3) is 0.0714. The molecule has 0 aliphatic heterocycles. The van der Waals surface area contributed by atoms with Crippen LogP contribution in [0.5, 0.6) is 0 Å². The highest BCUT2D eigenvalue weighted by molar-refractivity contribution is 9.10. The van der Waals surface area contributed by atoms with Gasteiger partial charge in [0.05, 0.1) is 6.21 Å². The molecule has 0 atom stereocenters. The standard InChI is InChI=1S/C14H12BrN3O/c1-18-8-2-3-12(10-18)14(19)17-16-9-11-4-6-13(15)7-5-11/h2-10H,1H3/p+1. The summed E-state index contributed by atoms with van der Waals surface area (Å²) in [5.41, 5.74) is 3.98. The highest BCUT2D eigenvalue weighted by Gasteiger charge is 2.07. The van der Waals surface area contributed by atoms with Gasteiger partial charge in [-0.25, -0.2) is 9.99 Å². The number of hydrogen-bond acceptors (Lipinski definition) is 2. The summed E-state index contributed by atoms with van der Waals surface area (Å²) in [6.07, 6.45) is 5.21. The summed E-state index contributed by atoms with van der Waals surface area (Å²) < 4.78 is 2.82. The van der Waals surface area contributed by atoms with Gasteiger partial charge in [0.15, 0.2) is 12.4 Å². The maximum atomic E-state index is 11.8. The number of aryl methyl sites for hydroxylation is 1. The summed E-state index contributed by atoms with van der Waals surface area (Å²) in [5.74, 6) is -0.232. The molecule has 0 fully saturated rings. The van der Waals surface area contributed by atoms with E-state index in [0.29, 0.717) is 5.56 Å². The van der Waals surface area contributed by atoms with Crippen molar-refractivity contribution in [3.63, 3.8) is 0 Å². The lowest BCUT2D eigenvalue weighted by Gasteiger charge is -1.98. The molecular weight excluding hydrogens is 306 g/mol. The third-order valence-electron chi connectivity index (χ3n) is 2.45. The lowest BCUT2D eigenvalue weighted by atomic mass is 10.2. The molecule has 1 amide bonds. The Bertz CT molecular complexity index is 608. The molecule has 2 aromatic rings. The van der Waals surface area contributed by atoms with Gasteiger partial charge in [-0.15, -0.1) is 0 Å². The molecule has 0 aliphatic carbocycles. The molecule has 0 spiro atoms. The minimum Gasteiger partial charge on any atom is -0.267 e. The zero-order chi connectivity index (χ0) is 13.7. The van der Waals surface area contributed by atoms with Crippen molar-refractivity contribution >= 4 is 28.1 Å². The first-order valence-electron chi connectivity index (χ1n) is 5.69. The topological polar surface area (TPSA) is 45.3 Å². The Morgan fingerprint density at radius 3 is 2.74 bits per heavy atom. The molecule has 1 heterocycles. The average molecular weight is 319 g/mol. The summed E-state index contributed by atoms with van der Waals surface area (Å²) in [7, 11) is 1.86. The van der Waals surface area contributed by atoms with Gasteiger partial charge < -0.3 is 0 Å². The summed E-state index contributed by atoms with van der Waals surface area (Å²) >= 11 is 3.36. The average Bonchev–Trinajstić information content (AvgIpc) is 2.41. The fourth-order valence-electron chi connectivity index (χ4n) is 1.50. The molecule has 0 radical (unpaired) electrons. The molecule has 96 valence electrons. The number of nitrogens with one attached hydrogen (secondary N) is 1. The van der Waals surface area contributed by atoms with Gasteiger partial charge in [0.25, 0.3) is 5.91 Å². The number of halogens is 1. The number of benzene rings is 1. The number of rotatable bonds is 3. The van der Waals surface area contributed by atoms with Crippen LogP contribution in [0.1, 0.15) is 15.9 Å². The molecule has 2 rings (SSSR count). The molecule has 0 bridgehead atoms. The van der Waals surface area contributed by atoms with Crippen LogP contribution in [0.15, 0.2) is 58.4 Å². The minimum atomic E-state index is -0.232. The first-order chi connectivity index (χ1) is 9.15. The number of hydrazone groups is 1. The highest BCUT2D eigenvalue weighted by Crippen LogP contribution is 2.08. The summed E-state index contributed by atoms with van der Waals surface area (Å²) in [6.45, 7) is 0. The second-order valence-corrected chi connectivity index (χ2v) is 4.92. The number of carbonyl (C=O) groups excluding carboxylic acids is 1. The molecule has 1 N–H and O–H groups in total. The van der Waals surface area contributed by atoms with Crippen LogP contribution >= 0.6 is 15.9 Å². The third kappa shape index (κ3) is 3.99. The van der Waals surface area contributed by atoms with Crippen molar-refractivity contribution in [2.24, 2.45) is 12.1 Å². The SMILES string of the molecule is C[n+]1cccc(C(=O)NN=Cc2ccc(Br)cc2)c1. The monoisotopic (exact) mass is 318 g/mol. The van der Waals surface area contributed by atoms with E-state index < -0.39 is 0 Å². The van der Waals surface area contributed by atoms with Gasteiger partial charge in [0.2, 0.25) is 0 Å². The highest BCUT2D eigenvalue weighted by atomic mass is 79.9. The first-order valence-corrected chi connectivity index (χ1v) is 6.49. The molecule has 19 heavy (non-hydrogen) atoms. The van der Waals surface area contributed by atoms with E-state index in [1.54, 1.807) is 18.5 Å². The summed E-state index contributed by atoms with van der Waals surface area (Å²) in [4.78, 5) is 11.8. The molecule has 5 heteroatoms. The molecule has 0 saturated carbocycles. The van der Waals surface area contributed by atoms with Crippen LogP contribution in [-0.4, -0.2) is 12.1 Å². The lowest BCUT2D eigenvalue weighted by molar-refractivity contribution is -0.671. The predicted octanol–water partition coefficient (Wildman–Crippen LogP) is 2.04. The van der Waals surface area contributed by atoms with Crippen LogP contribution in [0.2, 0.25) is 0 Å². The molecular formula is C14H13BrN3O+. The summed E-state index contributed by atoms with van der Waals surface area (Å²) in [5, 5.41) is 3.93. The van der Waals surface area contributed by atoms with E-state index >= 15 is 0 Å². The zero-order valence-corrected chi connectivity index (χ0v) is 12.0. The van der Waals surface area contributed by atoms with E-state index in [2.05, 4.69) is 26.5 Å².